The van der Waals surface area contributed by atoms with Gasteiger partial charge in [-0.25, -0.2) is 9.37 Å². The van der Waals surface area contributed by atoms with Gasteiger partial charge in [0.25, 0.3) is 0 Å². The number of hydrogen-bond acceptors (Lipinski definition) is 3. The van der Waals surface area contributed by atoms with Gasteiger partial charge in [0, 0.05) is 25.2 Å². The highest BCUT2D eigenvalue weighted by atomic mass is 35.5. The normalized spacial score (nSPS) is 27.8. The fourth-order valence-corrected chi connectivity index (χ4v) is 3.15. The van der Waals surface area contributed by atoms with Crippen molar-refractivity contribution >= 4 is 17.5 Å². The molecule has 1 N–H and O–H groups in total. The summed E-state index contributed by atoms with van der Waals surface area (Å²) in [5.74, 6) is -0.487. The summed E-state index contributed by atoms with van der Waals surface area (Å²) in [4.78, 5) is 18.2. The summed E-state index contributed by atoms with van der Waals surface area (Å²) in [7, 11) is 0. The van der Waals surface area contributed by atoms with E-state index in [-0.39, 0.29) is 23.0 Å². The van der Waals surface area contributed by atoms with Crippen molar-refractivity contribution in [1.29, 1.82) is 0 Å². The van der Waals surface area contributed by atoms with E-state index >= 15 is 0 Å². The number of aromatic nitrogens is 1. The van der Waals surface area contributed by atoms with Gasteiger partial charge in [0.15, 0.2) is 11.0 Å². The van der Waals surface area contributed by atoms with Crippen molar-refractivity contribution in [1.82, 2.24) is 15.2 Å². The molecule has 0 saturated carbocycles. The maximum Gasteiger partial charge on any atom is 0.237 e. The molecule has 0 aromatic carbocycles. The third kappa shape index (κ3) is 2.32. The number of rotatable bonds is 1. The second-order valence-corrected chi connectivity index (χ2v) is 5.42. The van der Waals surface area contributed by atoms with Crippen LogP contribution >= 0.6 is 11.6 Å². The van der Waals surface area contributed by atoms with E-state index in [0.717, 1.165) is 31.5 Å². The molecular weight excluding hydrogens is 269 g/mol. The molecule has 0 aliphatic carbocycles. The second-order valence-electron chi connectivity index (χ2n) is 5.06. The van der Waals surface area contributed by atoms with Gasteiger partial charge in [0.2, 0.25) is 5.91 Å². The average molecular weight is 284 g/mol. The van der Waals surface area contributed by atoms with Crippen LogP contribution in [0.25, 0.3) is 0 Å². The Morgan fingerprint density at radius 2 is 2.32 bits per heavy atom. The van der Waals surface area contributed by atoms with Gasteiger partial charge >= 0.3 is 0 Å². The zero-order chi connectivity index (χ0) is 13.4. The summed E-state index contributed by atoms with van der Waals surface area (Å²) in [5.41, 5.74) is 0.756. The molecule has 0 bridgehead atoms. The van der Waals surface area contributed by atoms with Gasteiger partial charge in [-0.05, 0) is 31.0 Å². The first-order valence-corrected chi connectivity index (χ1v) is 6.87. The van der Waals surface area contributed by atoms with Crippen LogP contribution in [-0.2, 0) is 4.79 Å². The van der Waals surface area contributed by atoms with Gasteiger partial charge in [-0.2, -0.15) is 0 Å². The van der Waals surface area contributed by atoms with Gasteiger partial charge in [-0.1, -0.05) is 11.6 Å². The van der Waals surface area contributed by atoms with Gasteiger partial charge < -0.3 is 5.32 Å². The SMILES string of the molecule is O=C1NCCCN2CC[C@H](c3cnc(Cl)c(F)c3)[C@H]12. The fourth-order valence-electron chi connectivity index (χ4n) is 3.04. The van der Waals surface area contributed by atoms with E-state index in [0.29, 0.717) is 6.54 Å². The second kappa shape index (κ2) is 5.06. The summed E-state index contributed by atoms with van der Waals surface area (Å²) < 4.78 is 13.5. The molecular formula is C13H15ClFN3O. The fraction of sp³-hybridized carbons (Fsp3) is 0.538. The van der Waals surface area contributed by atoms with Crippen molar-refractivity contribution in [2.24, 2.45) is 0 Å². The van der Waals surface area contributed by atoms with Crippen LogP contribution in [-0.4, -0.2) is 41.5 Å². The van der Waals surface area contributed by atoms with Crippen LogP contribution in [0.3, 0.4) is 0 Å². The maximum absolute atomic E-state index is 13.5. The van der Waals surface area contributed by atoms with E-state index in [9.17, 15) is 9.18 Å². The minimum atomic E-state index is -0.522. The van der Waals surface area contributed by atoms with Crippen LogP contribution in [0.15, 0.2) is 12.3 Å². The number of amides is 1. The molecule has 2 saturated heterocycles. The summed E-state index contributed by atoms with van der Waals surface area (Å²) in [5, 5.41) is 2.80. The predicted octanol–water partition coefficient (Wildman–Crippen LogP) is 1.55. The van der Waals surface area contributed by atoms with E-state index in [2.05, 4.69) is 15.2 Å². The Morgan fingerprint density at radius 1 is 1.47 bits per heavy atom. The average Bonchev–Trinajstić information content (AvgIpc) is 2.73. The van der Waals surface area contributed by atoms with Gasteiger partial charge in [0.05, 0.1) is 6.04 Å². The Labute approximate surface area is 115 Å². The van der Waals surface area contributed by atoms with Gasteiger partial charge in [0.1, 0.15) is 0 Å². The first kappa shape index (κ1) is 12.8. The minimum absolute atomic E-state index is 0.00244. The zero-order valence-corrected chi connectivity index (χ0v) is 11.2. The highest BCUT2D eigenvalue weighted by Gasteiger charge is 2.41. The smallest absolute Gasteiger partial charge is 0.237 e. The van der Waals surface area contributed by atoms with E-state index in [4.69, 9.17) is 11.6 Å². The van der Waals surface area contributed by atoms with Crippen LogP contribution < -0.4 is 5.32 Å². The molecule has 2 aliphatic heterocycles. The van der Waals surface area contributed by atoms with Crippen LogP contribution in [0, 0.1) is 5.82 Å². The van der Waals surface area contributed by atoms with Gasteiger partial charge in [-0.3, -0.25) is 9.69 Å². The lowest BCUT2D eigenvalue weighted by Gasteiger charge is -2.24. The lowest BCUT2D eigenvalue weighted by Crippen LogP contribution is -2.42. The van der Waals surface area contributed by atoms with Crippen LogP contribution in [0.2, 0.25) is 5.15 Å². The summed E-state index contributed by atoms with van der Waals surface area (Å²) in [6.07, 6.45) is 3.39. The molecule has 2 aliphatic rings. The van der Waals surface area contributed by atoms with E-state index in [1.54, 1.807) is 6.20 Å². The summed E-state index contributed by atoms with van der Waals surface area (Å²) in [6.45, 7) is 2.49. The standard InChI is InChI=1S/C13H15ClFN3O/c14-12-10(15)6-8(7-17-12)9-2-5-18-4-1-3-16-13(19)11(9)18/h6-7,9,11H,1-5H2,(H,16,19)/t9-,11-/m1/s1. The Bertz CT molecular complexity index is 511. The predicted molar refractivity (Wildman–Crippen MR) is 69.6 cm³/mol. The topological polar surface area (TPSA) is 45.2 Å². The molecule has 2 atom stereocenters. The maximum atomic E-state index is 13.5. The molecule has 0 unspecified atom stereocenters. The lowest BCUT2D eigenvalue weighted by molar-refractivity contribution is -0.124. The molecule has 0 radical (unpaired) electrons. The minimum Gasteiger partial charge on any atom is -0.355 e. The Morgan fingerprint density at radius 3 is 3.11 bits per heavy atom. The Kier molecular flexibility index (Phi) is 3.41. The number of nitrogens with zero attached hydrogens (tertiary/aromatic N) is 2. The molecule has 0 spiro atoms. The molecule has 102 valence electrons. The number of hydrogen-bond donors (Lipinski definition) is 1. The number of carbonyl (C=O) groups is 1. The summed E-state index contributed by atoms with van der Waals surface area (Å²) in [6, 6.07) is 1.20. The zero-order valence-electron chi connectivity index (χ0n) is 10.4. The van der Waals surface area contributed by atoms with Crippen molar-refractivity contribution in [2.75, 3.05) is 19.6 Å². The molecule has 3 heterocycles. The monoisotopic (exact) mass is 283 g/mol. The Hall–Kier alpha value is -1.20. The molecule has 1 aromatic rings. The molecule has 1 aromatic heterocycles. The molecule has 4 nitrogen and oxygen atoms in total. The molecule has 3 rings (SSSR count). The number of fused-ring (bicyclic) bond motifs is 1. The number of carbonyl (C=O) groups excluding carboxylic acids is 1. The molecule has 2 fully saturated rings. The van der Waals surface area contributed by atoms with Crippen LogP contribution in [0.4, 0.5) is 4.39 Å². The third-order valence-electron chi connectivity index (χ3n) is 3.94. The molecule has 19 heavy (non-hydrogen) atoms. The number of halogens is 2. The molecule has 6 heteroatoms. The van der Waals surface area contributed by atoms with Crippen molar-refractivity contribution in [3.8, 4) is 0 Å². The van der Waals surface area contributed by atoms with Crippen LogP contribution in [0.1, 0.15) is 24.3 Å². The molecule has 1 amide bonds. The van der Waals surface area contributed by atoms with Crippen molar-refractivity contribution in [3.63, 3.8) is 0 Å². The van der Waals surface area contributed by atoms with Crippen molar-refractivity contribution in [2.45, 2.75) is 24.8 Å². The quantitative estimate of drug-likeness (QED) is 0.796. The van der Waals surface area contributed by atoms with E-state index in [1.165, 1.54) is 6.07 Å². The number of nitrogens with one attached hydrogen (secondary N) is 1. The lowest BCUT2D eigenvalue weighted by atomic mass is 9.92. The van der Waals surface area contributed by atoms with Crippen molar-refractivity contribution < 1.29 is 9.18 Å². The number of pyridine rings is 1. The highest BCUT2D eigenvalue weighted by Crippen LogP contribution is 2.35. The Balaban J connectivity index is 1.91. The first-order valence-electron chi connectivity index (χ1n) is 6.49. The summed E-state index contributed by atoms with van der Waals surface area (Å²) >= 11 is 5.60. The van der Waals surface area contributed by atoms with Crippen LogP contribution in [0.5, 0.6) is 0 Å². The highest BCUT2D eigenvalue weighted by molar-refractivity contribution is 6.29. The first-order chi connectivity index (χ1) is 9.16. The van der Waals surface area contributed by atoms with E-state index in [1.807, 2.05) is 0 Å². The largest absolute Gasteiger partial charge is 0.355 e. The van der Waals surface area contributed by atoms with Crippen molar-refractivity contribution in [3.05, 3.63) is 28.8 Å². The van der Waals surface area contributed by atoms with E-state index < -0.39 is 5.82 Å². The third-order valence-corrected chi connectivity index (χ3v) is 4.22. The van der Waals surface area contributed by atoms with Gasteiger partial charge in [-0.15, -0.1) is 0 Å².